The van der Waals surface area contributed by atoms with Gasteiger partial charge in [0.25, 0.3) is 0 Å². The maximum atomic E-state index is 5.46. The zero-order valence-corrected chi connectivity index (χ0v) is 14.6. The smallest absolute Gasteiger partial charge is 0.226 e. The first-order valence-electron chi connectivity index (χ1n) is 8.88. The van der Waals surface area contributed by atoms with Gasteiger partial charge in [-0.1, -0.05) is 0 Å². The van der Waals surface area contributed by atoms with Gasteiger partial charge in [-0.15, -0.1) is 0 Å². The number of rotatable bonds is 5. The van der Waals surface area contributed by atoms with Gasteiger partial charge in [-0.2, -0.15) is 15.1 Å². The molecule has 0 unspecified atom stereocenters. The lowest BCUT2D eigenvalue weighted by Crippen LogP contribution is -2.39. The minimum Gasteiger partial charge on any atom is -0.379 e. The first-order chi connectivity index (χ1) is 12.3. The number of aromatic nitrogens is 4. The summed E-state index contributed by atoms with van der Waals surface area (Å²) in [6, 6.07) is 0. The molecule has 0 saturated carbocycles. The first-order valence-corrected chi connectivity index (χ1v) is 8.88. The van der Waals surface area contributed by atoms with Crippen molar-refractivity contribution in [2.45, 2.75) is 0 Å². The average molecular weight is 347 g/mol. The van der Waals surface area contributed by atoms with Gasteiger partial charge in [-0.05, 0) is 0 Å². The standard InChI is InChI=1S/C16H25N7O2/c1-21-14-13(12-18-21)15(23-6-10-25-11-7-23)20-16(19-14)17-2-3-22-4-8-24-9-5-22/h12H,2-11H2,1H3,(H,17,19,20). The van der Waals surface area contributed by atoms with Crippen LogP contribution in [0.5, 0.6) is 0 Å². The number of ether oxygens (including phenoxy) is 2. The molecule has 0 spiro atoms. The van der Waals surface area contributed by atoms with E-state index in [2.05, 4.69) is 25.2 Å². The Hall–Kier alpha value is -1.97. The largest absolute Gasteiger partial charge is 0.379 e. The van der Waals surface area contributed by atoms with E-state index in [1.165, 1.54) is 0 Å². The van der Waals surface area contributed by atoms with E-state index >= 15 is 0 Å². The zero-order valence-electron chi connectivity index (χ0n) is 14.6. The average Bonchev–Trinajstić information content (AvgIpc) is 3.04. The third-order valence-electron chi connectivity index (χ3n) is 4.70. The molecule has 0 atom stereocenters. The van der Waals surface area contributed by atoms with Crippen LogP contribution in [0.3, 0.4) is 0 Å². The van der Waals surface area contributed by atoms with E-state index in [1.54, 1.807) is 4.68 Å². The summed E-state index contributed by atoms with van der Waals surface area (Å²) in [6.07, 6.45) is 1.84. The van der Waals surface area contributed by atoms with Crippen molar-refractivity contribution in [1.29, 1.82) is 0 Å². The normalized spacial score (nSPS) is 19.5. The Bertz CT molecular complexity index is 708. The van der Waals surface area contributed by atoms with E-state index in [1.807, 2.05) is 13.2 Å². The molecule has 0 amide bonds. The van der Waals surface area contributed by atoms with Crippen LogP contribution >= 0.6 is 0 Å². The summed E-state index contributed by atoms with van der Waals surface area (Å²) in [5.74, 6) is 1.60. The van der Waals surface area contributed by atoms with Crippen LogP contribution in [0.25, 0.3) is 11.0 Å². The molecule has 4 heterocycles. The number of aryl methyl sites for hydroxylation is 1. The molecule has 2 saturated heterocycles. The van der Waals surface area contributed by atoms with Crippen LogP contribution in [0.1, 0.15) is 0 Å². The van der Waals surface area contributed by atoms with E-state index in [0.717, 1.165) is 82.5 Å². The summed E-state index contributed by atoms with van der Waals surface area (Å²) < 4.78 is 12.7. The Kier molecular flexibility index (Phi) is 4.95. The van der Waals surface area contributed by atoms with Crippen molar-refractivity contribution >= 4 is 22.8 Å². The molecule has 2 aliphatic rings. The third-order valence-corrected chi connectivity index (χ3v) is 4.70. The number of fused-ring (bicyclic) bond motifs is 1. The number of nitrogens with one attached hydrogen (secondary N) is 1. The van der Waals surface area contributed by atoms with Gasteiger partial charge in [-0.3, -0.25) is 9.58 Å². The van der Waals surface area contributed by atoms with Crippen molar-refractivity contribution in [3.05, 3.63) is 6.20 Å². The highest BCUT2D eigenvalue weighted by atomic mass is 16.5. The summed E-state index contributed by atoms with van der Waals surface area (Å²) in [5, 5.41) is 8.72. The Morgan fingerprint density at radius 1 is 1.04 bits per heavy atom. The van der Waals surface area contributed by atoms with Gasteiger partial charge in [-0.25, -0.2) is 0 Å². The third kappa shape index (κ3) is 3.68. The summed E-state index contributed by atoms with van der Waals surface area (Å²) in [6.45, 7) is 8.52. The van der Waals surface area contributed by atoms with E-state index in [0.29, 0.717) is 5.95 Å². The summed E-state index contributed by atoms with van der Waals surface area (Å²) in [7, 11) is 1.91. The lowest BCUT2D eigenvalue weighted by Gasteiger charge is -2.28. The van der Waals surface area contributed by atoms with Gasteiger partial charge in [0.1, 0.15) is 5.82 Å². The lowest BCUT2D eigenvalue weighted by molar-refractivity contribution is 0.0398. The fraction of sp³-hybridized carbons (Fsp3) is 0.688. The van der Waals surface area contributed by atoms with E-state index in [4.69, 9.17) is 14.5 Å². The molecule has 2 aliphatic heterocycles. The molecule has 0 aromatic carbocycles. The molecule has 2 aromatic rings. The van der Waals surface area contributed by atoms with E-state index in [9.17, 15) is 0 Å². The van der Waals surface area contributed by atoms with Crippen LogP contribution in [0.15, 0.2) is 6.20 Å². The summed E-state index contributed by atoms with van der Waals surface area (Å²) in [5.41, 5.74) is 0.852. The number of morpholine rings is 2. The topological polar surface area (TPSA) is 80.6 Å². The molecular formula is C16H25N7O2. The van der Waals surface area contributed by atoms with Crippen molar-refractivity contribution < 1.29 is 9.47 Å². The van der Waals surface area contributed by atoms with Crippen molar-refractivity contribution in [1.82, 2.24) is 24.6 Å². The highest BCUT2D eigenvalue weighted by molar-refractivity contribution is 5.88. The van der Waals surface area contributed by atoms with Gasteiger partial charge in [0, 0.05) is 46.3 Å². The summed E-state index contributed by atoms with van der Waals surface area (Å²) >= 11 is 0. The van der Waals surface area contributed by atoms with Gasteiger partial charge in [0.05, 0.1) is 38.0 Å². The fourth-order valence-electron chi connectivity index (χ4n) is 3.25. The quantitative estimate of drug-likeness (QED) is 0.806. The van der Waals surface area contributed by atoms with Crippen LogP contribution in [-0.4, -0.2) is 90.3 Å². The number of hydrogen-bond acceptors (Lipinski definition) is 8. The molecule has 4 rings (SSSR count). The highest BCUT2D eigenvalue weighted by Crippen LogP contribution is 2.25. The van der Waals surface area contributed by atoms with Gasteiger partial charge >= 0.3 is 0 Å². The predicted octanol–water partition coefficient (Wildman–Crippen LogP) is -0.0560. The van der Waals surface area contributed by atoms with E-state index < -0.39 is 0 Å². The Labute approximate surface area is 146 Å². The van der Waals surface area contributed by atoms with Crippen LogP contribution in [0, 0.1) is 0 Å². The Morgan fingerprint density at radius 2 is 1.76 bits per heavy atom. The maximum Gasteiger partial charge on any atom is 0.226 e. The Balaban J connectivity index is 1.50. The zero-order chi connectivity index (χ0) is 17.1. The fourth-order valence-corrected chi connectivity index (χ4v) is 3.25. The predicted molar refractivity (Wildman–Crippen MR) is 95.1 cm³/mol. The molecule has 2 aromatic heterocycles. The van der Waals surface area contributed by atoms with Crippen LogP contribution in [-0.2, 0) is 16.5 Å². The molecule has 0 radical (unpaired) electrons. The molecule has 2 fully saturated rings. The molecule has 9 nitrogen and oxygen atoms in total. The molecule has 1 N–H and O–H groups in total. The molecule has 0 bridgehead atoms. The highest BCUT2D eigenvalue weighted by Gasteiger charge is 2.19. The number of nitrogens with zero attached hydrogens (tertiary/aromatic N) is 6. The summed E-state index contributed by atoms with van der Waals surface area (Å²) in [4.78, 5) is 14.1. The van der Waals surface area contributed by atoms with Crippen LogP contribution in [0.4, 0.5) is 11.8 Å². The van der Waals surface area contributed by atoms with Crippen LogP contribution in [0.2, 0.25) is 0 Å². The second-order valence-corrected chi connectivity index (χ2v) is 6.36. The van der Waals surface area contributed by atoms with Crippen molar-refractivity contribution in [2.75, 3.05) is 75.9 Å². The minimum atomic E-state index is 0.658. The van der Waals surface area contributed by atoms with Crippen LogP contribution < -0.4 is 10.2 Å². The van der Waals surface area contributed by atoms with Crippen molar-refractivity contribution in [3.63, 3.8) is 0 Å². The first kappa shape index (κ1) is 16.5. The minimum absolute atomic E-state index is 0.658. The second kappa shape index (κ2) is 7.51. The molecular weight excluding hydrogens is 322 g/mol. The van der Waals surface area contributed by atoms with Gasteiger partial charge in [0.2, 0.25) is 5.95 Å². The number of hydrogen-bond donors (Lipinski definition) is 1. The van der Waals surface area contributed by atoms with Gasteiger partial charge in [0.15, 0.2) is 5.65 Å². The monoisotopic (exact) mass is 347 g/mol. The maximum absolute atomic E-state index is 5.46. The number of anilines is 2. The SMILES string of the molecule is Cn1ncc2c(N3CCOCC3)nc(NCCN3CCOCC3)nc21. The van der Waals surface area contributed by atoms with E-state index in [-0.39, 0.29) is 0 Å². The second-order valence-electron chi connectivity index (χ2n) is 6.36. The Morgan fingerprint density at radius 3 is 2.52 bits per heavy atom. The van der Waals surface area contributed by atoms with Crippen molar-refractivity contribution in [3.8, 4) is 0 Å². The lowest BCUT2D eigenvalue weighted by atomic mass is 10.3. The van der Waals surface area contributed by atoms with Gasteiger partial charge < -0.3 is 19.7 Å². The molecule has 9 heteroatoms. The van der Waals surface area contributed by atoms with Crippen molar-refractivity contribution in [2.24, 2.45) is 7.05 Å². The molecule has 0 aliphatic carbocycles. The molecule has 136 valence electrons. The molecule has 25 heavy (non-hydrogen) atoms.